The molecule has 1 atom stereocenters. The smallest absolute Gasteiger partial charge is 0.313 e. The molecular weight excluding hydrogens is 391 g/mol. The molecule has 0 aliphatic heterocycles. The largest absolute Gasteiger partial charge is 0.486 e. The number of nitro benzene ring substituents is 1. The van der Waals surface area contributed by atoms with E-state index >= 15 is 0 Å². The minimum absolute atomic E-state index is 0.171. The molecule has 1 unspecified atom stereocenters. The standard InChI is InChI=1S/C13H15IN2O3S/c1-8(2)10(7-20)6-19-13-11(14)3-9(5-15)4-12(13)16(17)18/h3-4,8,10,20H,6-7H2,1-2H3. The van der Waals surface area contributed by atoms with Gasteiger partial charge in [-0.15, -0.1) is 0 Å². The predicted molar refractivity (Wildman–Crippen MR) is 88.2 cm³/mol. The molecule has 1 rings (SSSR count). The Bertz CT molecular complexity index is 543. The predicted octanol–water partition coefficient (Wildman–Crippen LogP) is 3.65. The summed E-state index contributed by atoms with van der Waals surface area (Å²) in [5.41, 5.74) is 0.0816. The third kappa shape index (κ3) is 4.24. The van der Waals surface area contributed by atoms with Gasteiger partial charge in [0.1, 0.15) is 0 Å². The van der Waals surface area contributed by atoms with Crippen LogP contribution in [0.4, 0.5) is 5.69 Å². The summed E-state index contributed by atoms with van der Waals surface area (Å²) in [4.78, 5) is 10.6. The Hall–Kier alpha value is -1.01. The second-order valence-corrected chi connectivity index (χ2v) is 6.20. The first-order valence-electron chi connectivity index (χ1n) is 6.02. The van der Waals surface area contributed by atoms with Crippen LogP contribution in [0.5, 0.6) is 5.75 Å². The number of thiol groups is 1. The van der Waals surface area contributed by atoms with E-state index in [1.807, 2.05) is 28.7 Å². The lowest BCUT2D eigenvalue weighted by Crippen LogP contribution is -2.20. The number of hydrogen-bond acceptors (Lipinski definition) is 5. The minimum atomic E-state index is -0.524. The molecule has 1 aromatic carbocycles. The zero-order valence-electron chi connectivity index (χ0n) is 11.2. The molecule has 7 heteroatoms. The van der Waals surface area contributed by atoms with Gasteiger partial charge < -0.3 is 4.74 Å². The van der Waals surface area contributed by atoms with Crippen molar-refractivity contribution in [1.29, 1.82) is 5.26 Å². The Morgan fingerprint density at radius 1 is 1.55 bits per heavy atom. The average molecular weight is 406 g/mol. The van der Waals surface area contributed by atoms with E-state index in [2.05, 4.69) is 26.5 Å². The van der Waals surface area contributed by atoms with Crippen LogP contribution >= 0.6 is 35.2 Å². The van der Waals surface area contributed by atoms with Gasteiger partial charge >= 0.3 is 5.69 Å². The van der Waals surface area contributed by atoms with Crippen molar-refractivity contribution in [2.45, 2.75) is 13.8 Å². The fraction of sp³-hybridized carbons (Fsp3) is 0.462. The third-order valence-corrected chi connectivity index (χ3v) is 4.24. The number of hydrogen-bond donors (Lipinski definition) is 1. The number of nitro groups is 1. The second kappa shape index (κ2) is 7.69. The van der Waals surface area contributed by atoms with Crippen LogP contribution in [0.1, 0.15) is 19.4 Å². The molecule has 0 saturated heterocycles. The van der Waals surface area contributed by atoms with E-state index in [0.29, 0.717) is 21.8 Å². The Morgan fingerprint density at radius 2 is 2.20 bits per heavy atom. The highest BCUT2D eigenvalue weighted by atomic mass is 127. The molecule has 0 aromatic heterocycles. The van der Waals surface area contributed by atoms with Crippen LogP contribution in [0, 0.1) is 36.9 Å². The first-order chi connectivity index (χ1) is 9.40. The number of nitrogens with zero attached hydrogens (tertiary/aromatic N) is 2. The summed E-state index contributed by atoms with van der Waals surface area (Å²) < 4.78 is 6.20. The highest BCUT2D eigenvalue weighted by Gasteiger charge is 2.22. The molecule has 20 heavy (non-hydrogen) atoms. The maximum Gasteiger partial charge on any atom is 0.313 e. The summed E-state index contributed by atoms with van der Waals surface area (Å²) >= 11 is 6.21. The molecular formula is C13H15IN2O3S. The van der Waals surface area contributed by atoms with Crippen molar-refractivity contribution in [2.75, 3.05) is 12.4 Å². The summed E-state index contributed by atoms with van der Waals surface area (Å²) in [6.45, 7) is 4.48. The van der Waals surface area contributed by atoms with E-state index < -0.39 is 4.92 Å². The highest BCUT2D eigenvalue weighted by molar-refractivity contribution is 14.1. The second-order valence-electron chi connectivity index (χ2n) is 4.67. The molecule has 108 valence electrons. The molecule has 0 N–H and O–H groups in total. The van der Waals surface area contributed by atoms with Gasteiger partial charge in [-0.3, -0.25) is 10.1 Å². The Labute approximate surface area is 137 Å². The van der Waals surface area contributed by atoms with Gasteiger partial charge in [0.2, 0.25) is 5.75 Å². The van der Waals surface area contributed by atoms with Crippen molar-refractivity contribution in [1.82, 2.24) is 0 Å². The van der Waals surface area contributed by atoms with Gasteiger partial charge in [-0.05, 0) is 40.3 Å². The van der Waals surface area contributed by atoms with Crippen LogP contribution in [0.15, 0.2) is 12.1 Å². The number of benzene rings is 1. The number of rotatable bonds is 6. The quantitative estimate of drug-likeness (QED) is 0.339. The maximum atomic E-state index is 11.1. The normalized spacial score (nSPS) is 12.0. The van der Waals surface area contributed by atoms with Crippen LogP contribution < -0.4 is 4.74 Å². The van der Waals surface area contributed by atoms with E-state index in [1.165, 1.54) is 6.07 Å². The molecule has 0 aliphatic carbocycles. The van der Waals surface area contributed by atoms with Crippen molar-refractivity contribution in [3.8, 4) is 11.8 Å². The molecule has 5 nitrogen and oxygen atoms in total. The molecule has 0 saturated carbocycles. The molecule has 0 bridgehead atoms. The summed E-state index contributed by atoms with van der Waals surface area (Å²) in [6.07, 6.45) is 0. The van der Waals surface area contributed by atoms with Crippen molar-refractivity contribution in [3.63, 3.8) is 0 Å². The van der Waals surface area contributed by atoms with E-state index in [1.54, 1.807) is 6.07 Å². The van der Waals surface area contributed by atoms with Crippen molar-refractivity contribution < 1.29 is 9.66 Å². The maximum absolute atomic E-state index is 11.1. The topological polar surface area (TPSA) is 76.2 Å². The zero-order chi connectivity index (χ0) is 15.3. The molecule has 0 aliphatic rings. The van der Waals surface area contributed by atoms with Gasteiger partial charge in [-0.25, -0.2) is 0 Å². The fourth-order valence-electron chi connectivity index (χ4n) is 1.57. The molecule has 0 spiro atoms. The SMILES string of the molecule is CC(C)C(CS)COc1c(I)cc(C#N)cc1[N+](=O)[O-]. The Kier molecular flexibility index (Phi) is 6.55. The Morgan fingerprint density at radius 3 is 2.65 bits per heavy atom. The van der Waals surface area contributed by atoms with Crippen LogP contribution in [-0.4, -0.2) is 17.3 Å². The number of ether oxygens (including phenoxy) is 1. The van der Waals surface area contributed by atoms with E-state index in [9.17, 15) is 10.1 Å². The van der Waals surface area contributed by atoms with Crippen molar-refractivity contribution in [2.24, 2.45) is 11.8 Å². The van der Waals surface area contributed by atoms with Gasteiger partial charge in [-0.1, -0.05) is 13.8 Å². The molecule has 0 amide bonds. The number of halogens is 1. The Balaban J connectivity index is 3.06. The summed E-state index contributed by atoms with van der Waals surface area (Å²) in [6, 6.07) is 4.72. The van der Waals surface area contributed by atoms with Gasteiger partial charge in [0.05, 0.1) is 26.7 Å². The zero-order valence-corrected chi connectivity index (χ0v) is 14.2. The van der Waals surface area contributed by atoms with Gasteiger partial charge in [0.25, 0.3) is 0 Å². The average Bonchev–Trinajstić information content (AvgIpc) is 2.39. The summed E-state index contributed by atoms with van der Waals surface area (Å²) in [7, 11) is 0. The van der Waals surface area contributed by atoms with Crippen molar-refractivity contribution in [3.05, 3.63) is 31.4 Å². The lowest BCUT2D eigenvalue weighted by molar-refractivity contribution is -0.386. The molecule has 1 aromatic rings. The first kappa shape index (κ1) is 17.0. The molecule has 0 radical (unpaired) electrons. The van der Waals surface area contributed by atoms with Crippen LogP contribution in [0.3, 0.4) is 0 Å². The van der Waals surface area contributed by atoms with Gasteiger partial charge in [0, 0.05) is 12.0 Å². The molecule has 0 fully saturated rings. The van der Waals surface area contributed by atoms with E-state index in [0.717, 1.165) is 0 Å². The monoisotopic (exact) mass is 406 g/mol. The van der Waals surface area contributed by atoms with Crippen LogP contribution in [-0.2, 0) is 0 Å². The highest BCUT2D eigenvalue weighted by Crippen LogP contribution is 2.34. The van der Waals surface area contributed by atoms with Crippen LogP contribution in [0.25, 0.3) is 0 Å². The third-order valence-electron chi connectivity index (χ3n) is 2.97. The first-order valence-corrected chi connectivity index (χ1v) is 7.73. The minimum Gasteiger partial charge on any atom is -0.486 e. The van der Waals surface area contributed by atoms with E-state index in [-0.39, 0.29) is 22.9 Å². The molecule has 0 heterocycles. The lowest BCUT2D eigenvalue weighted by Gasteiger charge is -2.19. The van der Waals surface area contributed by atoms with Gasteiger partial charge in [0.15, 0.2) is 0 Å². The lowest BCUT2D eigenvalue weighted by atomic mass is 9.99. The van der Waals surface area contributed by atoms with Crippen molar-refractivity contribution >= 4 is 40.9 Å². The van der Waals surface area contributed by atoms with Crippen LogP contribution in [0.2, 0.25) is 0 Å². The van der Waals surface area contributed by atoms with E-state index in [4.69, 9.17) is 10.00 Å². The summed E-state index contributed by atoms with van der Waals surface area (Å²) in [5, 5.41) is 19.9. The van der Waals surface area contributed by atoms with Gasteiger partial charge in [-0.2, -0.15) is 17.9 Å². The summed E-state index contributed by atoms with van der Waals surface area (Å²) in [5.74, 6) is 1.47. The fourth-order valence-corrected chi connectivity index (χ4v) is 2.86. The number of nitriles is 1.